The Morgan fingerprint density at radius 2 is 2.30 bits per heavy atom. The predicted molar refractivity (Wildman–Crippen MR) is 71.0 cm³/mol. The van der Waals surface area contributed by atoms with Crippen molar-refractivity contribution in [2.24, 2.45) is 5.10 Å². The minimum Gasteiger partial charge on any atom is -0.475 e. The van der Waals surface area contributed by atoms with Crippen molar-refractivity contribution < 1.29 is 28.3 Å². The molecule has 0 fully saturated rings. The van der Waals surface area contributed by atoms with Crippen LogP contribution >= 0.6 is 0 Å². The topological polar surface area (TPSA) is 123 Å². The predicted octanol–water partition coefficient (Wildman–Crippen LogP) is 0.362. The van der Waals surface area contributed by atoms with Crippen LogP contribution in [-0.4, -0.2) is 55.7 Å². The van der Waals surface area contributed by atoms with Crippen LogP contribution in [0.3, 0.4) is 0 Å². The minimum absolute atomic E-state index is 0.158. The SMILES string of the molecule is COc1nn(CC(=O)N2N=C(C)C[C@]2(O)C(F)F)cc1[N+](=O)[O-]. The Bertz CT molecular complexity index is 676. The summed E-state index contributed by atoms with van der Waals surface area (Å²) in [6.45, 7) is 0.762. The Balaban J connectivity index is 2.23. The van der Waals surface area contributed by atoms with E-state index >= 15 is 0 Å². The van der Waals surface area contributed by atoms with Crippen molar-refractivity contribution >= 4 is 17.3 Å². The van der Waals surface area contributed by atoms with Crippen molar-refractivity contribution in [2.45, 2.75) is 32.0 Å². The lowest BCUT2D eigenvalue weighted by Crippen LogP contribution is -2.52. The molecule has 126 valence electrons. The molecular weight excluding hydrogens is 320 g/mol. The summed E-state index contributed by atoms with van der Waals surface area (Å²) in [5.74, 6) is -1.32. The number of aromatic nitrogens is 2. The first-order valence-corrected chi connectivity index (χ1v) is 6.32. The molecule has 2 heterocycles. The number of rotatable bonds is 5. The number of nitrogens with zero attached hydrogens (tertiary/aromatic N) is 5. The van der Waals surface area contributed by atoms with Crippen molar-refractivity contribution in [3.8, 4) is 5.88 Å². The fraction of sp³-hybridized carbons (Fsp3) is 0.545. The van der Waals surface area contributed by atoms with Crippen molar-refractivity contribution in [3.05, 3.63) is 16.3 Å². The van der Waals surface area contributed by atoms with Gasteiger partial charge in [0.2, 0.25) is 5.72 Å². The van der Waals surface area contributed by atoms with Gasteiger partial charge in [0.25, 0.3) is 12.3 Å². The van der Waals surface area contributed by atoms with E-state index in [2.05, 4.69) is 10.2 Å². The van der Waals surface area contributed by atoms with E-state index < -0.39 is 41.6 Å². The lowest BCUT2D eigenvalue weighted by Gasteiger charge is -2.29. The number of carbonyl (C=O) groups excluding carboxylic acids is 1. The normalized spacial score (nSPS) is 20.8. The number of aliphatic hydroxyl groups is 1. The standard InChI is InChI=1S/C11H13F2N5O5/c1-6-3-11(20,10(12)13)17(14-6)8(19)5-16-4-7(18(21)22)9(15-16)23-2/h4,10,20H,3,5H2,1-2H3/t11-/m0/s1. The van der Waals surface area contributed by atoms with Crippen molar-refractivity contribution in [3.63, 3.8) is 0 Å². The third-order valence-corrected chi connectivity index (χ3v) is 3.14. The molecule has 0 radical (unpaired) electrons. The molecule has 0 spiro atoms. The fourth-order valence-corrected chi connectivity index (χ4v) is 2.14. The van der Waals surface area contributed by atoms with E-state index in [1.807, 2.05) is 0 Å². The van der Waals surface area contributed by atoms with E-state index in [0.29, 0.717) is 0 Å². The van der Waals surface area contributed by atoms with Crippen LogP contribution in [0.4, 0.5) is 14.5 Å². The molecule has 10 nitrogen and oxygen atoms in total. The number of halogens is 2. The van der Waals surface area contributed by atoms with Gasteiger partial charge in [-0.05, 0) is 6.92 Å². The molecule has 0 aliphatic carbocycles. The van der Waals surface area contributed by atoms with Gasteiger partial charge >= 0.3 is 11.6 Å². The van der Waals surface area contributed by atoms with Gasteiger partial charge in [0.05, 0.1) is 12.0 Å². The summed E-state index contributed by atoms with van der Waals surface area (Å²) in [6.07, 6.45) is -2.79. The zero-order valence-corrected chi connectivity index (χ0v) is 12.1. The Morgan fingerprint density at radius 1 is 1.65 bits per heavy atom. The van der Waals surface area contributed by atoms with Crippen LogP contribution in [-0.2, 0) is 11.3 Å². The van der Waals surface area contributed by atoms with Crippen LogP contribution in [0.5, 0.6) is 5.88 Å². The van der Waals surface area contributed by atoms with Crippen LogP contribution in [0.2, 0.25) is 0 Å². The summed E-state index contributed by atoms with van der Waals surface area (Å²) < 4.78 is 31.6. The molecule has 0 saturated carbocycles. The molecule has 1 N–H and O–H groups in total. The molecule has 1 aromatic rings. The molecule has 0 saturated heterocycles. The summed E-state index contributed by atoms with van der Waals surface area (Å²) in [7, 11) is 1.16. The van der Waals surface area contributed by atoms with Gasteiger partial charge in [-0.2, -0.15) is 10.1 Å². The smallest absolute Gasteiger partial charge is 0.350 e. The van der Waals surface area contributed by atoms with E-state index in [1.54, 1.807) is 0 Å². The molecule has 2 rings (SSSR count). The summed E-state index contributed by atoms with van der Waals surface area (Å²) in [5.41, 5.74) is -3.06. The summed E-state index contributed by atoms with van der Waals surface area (Å²) in [6, 6.07) is 0. The van der Waals surface area contributed by atoms with Crippen LogP contribution < -0.4 is 4.74 Å². The molecular formula is C11H13F2N5O5. The van der Waals surface area contributed by atoms with E-state index in [1.165, 1.54) is 6.92 Å². The maximum absolute atomic E-state index is 13.0. The second kappa shape index (κ2) is 5.87. The quantitative estimate of drug-likeness (QED) is 0.613. The summed E-state index contributed by atoms with van der Waals surface area (Å²) >= 11 is 0. The first-order chi connectivity index (χ1) is 10.7. The molecule has 0 aromatic carbocycles. The van der Waals surface area contributed by atoms with Crippen LogP contribution in [0, 0.1) is 10.1 Å². The van der Waals surface area contributed by atoms with Crippen LogP contribution in [0.1, 0.15) is 13.3 Å². The van der Waals surface area contributed by atoms with Gasteiger partial charge in [0.15, 0.2) is 0 Å². The molecule has 1 aliphatic rings. The molecule has 1 atom stereocenters. The number of nitro groups is 1. The van der Waals surface area contributed by atoms with Gasteiger partial charge in [-0.3, -0.25) is 19.6 Å². The number of hydrogen-bond donors (Lipinski definition) is 1. The molecule has 12 heteroatoms. The van der Waals surface area contributed by atoms with E-state index in [4.69, 9.17) is 4.74 Å². The van der Waals surface area contributed by atoms with Gasteiger partial charge < -0.3 is 9.84 Å². The first-order valence-electron chi connectivity index (χ1n) is 6.32. The fourth-order valence-electron chi connectivity index (χ4n) is 2.14. The maximum atomic E-state index is 13.0. The molecule has 1 aromatic heterocycles. The third kappa shape index (κ3) is 2.97. The zero-order valence-electron chi connectivity index (χ0n) is 12.1. The van der Waals surface area contributed by atoms with Crippen molar-refractivity contribution in [2.75, 3.05) is 7.11 Å². The highest BCUT2D eigenvalue weighted by atomic mass is 19.3. The van der Waals surface area contributed by atoms with Gasteiger partial charge in [-0.15, -0.1) is 5.10 Å². The lowest BCUT2D eigenvalue weighted by molar-refractivity contribution is -0.385. The summed E-state index contributed by atoms with van der Waals surface area (Å²) in [4.78, 5) is 22.1. The first kappa shape index (κ1) is 16.7. The number of amides is 1. The Labute approximate surface area is 128 Å². The van der Waals surface area contributed by atoms with E-state index in [9.17, 15) is 28.8 Å². The maximum Gasteiger partial charge on any atom is 0.350 e. The van der Waals surface area contributed by atoms with Gasteiger partial charge in [0.1, 0.15) is 12.7 Å². The molecule has 0 bridgehead atoms. The highest BCUT2D eigenvalue weighted by molar-refractivity contribution is 5.88. The van der Waals surface area contributed by atoms with Crippen molar-refractivity contribution in [1.82, 2.24) is 14.8 Å². The average Bonchev–Trinajstić information content (AvgIpc) is 3.00. The molecule has 0 unspecified atom stereocenters. The second-order valence-electron chi connectivity index (χ2n) is 4.88. The average molecular weight is 333 g/mol. The number of methoxy groups -OCH3 is 1. The van der Waals surface area contributed by atoms with Gasteiger partial charge in [-0.25, -0.2) is 8.78 Å². The Kier molecular flexibility index (Phi) is 4.27. The summed E-state index contributed by atoms with van der Waals surface area (Å²) in [5, 5.41) is 28.3. The van der Waals surface area contributed by atoms with Gasteiger partial charge in [-0.1, -0.05) is 0 Å². The number of ether oxygens (including phenoxy) is 1. The van der Waals surface area contributed by atoms with E-state index in [-0.39, 0.29) is 16.6 Å². The molecule has 23 heavy (non-hydrogen) atoms. The van der Waals surface area contributed by atoms with Crippen LogP contribution in [0.15, 0.2) is 11.3 Å². The zero-order chi connectivity index (χ0) is 17.4. The third-order valence-electron chi connectivity index (χ3n) is 3.14. The van der Waals surface area contributed by atoms with E-state index in [0.717, 1.165) is 18.0 Å². The Hall–Kier alpha value is -2.63. The highest BCUT2D eigenvalue weighted by Gasteiger charge is 2.50. The molecule has 1 amide bonds. The highest BCUT2D eigenvalue weighted by Crippen LogP contribution is 2.31. The monoisotopic (exact) mass is 333 g/mol. The van der Waals surface area contributed by atoms with Gasteiger partial charge in [0, 0.05) is 12.1 Å². The Morgan fingerprint density at radius 3 is 2.78 bits per heavy atom. The lowest BCUT2D eigenvalue weighted by atomic mass is 10.1. The molecule has 1 aliphatic heterocycles. The van der Waals surface area contributed by atoms with Crippen molar-refractivity contribution in [1.29, 1.82) is 0 Å². The largest absolute Gasteiger partial charge is 0.475 e. The number of hydrazone groups is 1. The number of hydrogen-bond acceptors (Lipinski definition) is 7. The minimum atomic E-state index is -3.23. The number of alkyl halides is 2. The second-order valence-corrected chi connectivity index (χ2v) is 4.88. The van der Waals surface area contributed by atoms with Crippen LogP contribution in [0.25, 0.3) is 0 Å². The number of carbonyl (C=O) groups is 1.